The summed E-state index contributed by atoms with van der Waals surface area (Å²) in [5, 5.41) is 5.61. The van der Waals surface area contributed by atoms with E-state index in [0.29, 0.717) is 34.7 Å². The Kier molecular flexibility index (Phi) is 6.25. The summed E-state index contributed by atoms with van der Waals surface area (Å²) in [6.45, 7) is 5.97. The van der Waals surface area contributed by atoms with Crippen LogP contribution in [0.15, 0.2) is 51.7 Å². The van der Waals surface area contributed by atoms with Crippen LogP contribution < -0.4 is 21.1 Å². The SMILES string of the molecule is CCOc1ccccc1C(=O)NC(C(=O)Nc1ccc2oc(=O)n(C)c2c1)C(C)C. The largest absolute Gasteiger partial charge is 0.493 e. The average molecular weight is 411 g/mol. The van der Waals surface area contributed by atoms with E-state index >= 15 is 0 Å². The van der Waals surface area contributed by atoms with Gasteiger partial charge in [0.1, 0.15) is 11.8 Å². The quantitative estimate of drug-likeness (QED) is 0.622. The lowest BCUT2D eigenvalue weighted by Crippen LogP contribution is -2.47. The Balaban J connectivity index is 1.79. The van der Waals surface area contributed by atoms with Gasteiger partial charge >= 0.3 is 5.76 Å². The van der Waals surface area contributed by atoms with Crippen molar-refractivity contribution in [2.45, 2.75) is 26.8 Å². The first-order valence-electron chi connectivity index (χ1n) is 9.75. The van der Waals surface area contributed by atoms with Crippen molar-refractivity contribution in [2.75, 3.05) is 11.9 Å². The van der Waals surface area contributed by atoms with Gasteiger partial charge in [-0.15, -0.1) is 0 Å². The standard InChI is InChI=1S/C22H25N3O5/c1-5-29-17-9-7-6-8-15(17)20(26)24-19(13(2)3)21(27)23-14-10-11-18-16(12-14)25(4)22(28)30-18/h6-13,19H,5H2,1-4H3,(H,23,27)(H,24,26). The zero-order valence-electron chi connectivity index (χ0n) is 17.4. The van der Waals surface area contributed by atoms with Crippen LogP contribution in [0.5, 0.6) is 5.75 Å². The fraction of sp³-hybridized carbons (Fsp3) is 0.318. The van der Waals surface area contributed by atoms with Gasteiger partial charge in [-0.05, 0) is 43.2 Å². The van der Waals surface area contributed by atoms with Gasteiger partial charge in [0.05, 0.1) is 17.7 Å². The second-order valence-corrected chi connectivity index (χ2v) is 7.22. The van der Waals surface area contributed by atoms with Crippen molar-refractivity contribution in [3.05, 3.63) is 58.6 Å². The number of para-hydroxylation sites is 1. The predicted octanol–water partition coefficient (Wildman–Crippen LogP) is 2.92. The number of hydrogen-bond donors (Lipinski definition) is 2. The monoisotopic (exact) mass is 411 g/mol. The van der Waals surface area contributed by atoms with Crippen LogP contribution in [-0.2, 0) is 11.8 Å². The van der Waals surface area contributed by atoms with Crippen LogP contribution in [0.4, 0.5) is 5.69 Å². The fourth-order valence-corrected chi connectivity index (χ4v) is 3.11. The van der Waals surface area contributed by atoms with Crippen molar-refractivity contribution in [2.24, 2.45) is 13.0 Å². The highest BCUT2D eigenvalue weighted by Crippen LogP contribution is 2.20. The molecule has 1 aromatic heterocycles. The van der Waals surface area contributed by atoms with Gasteiger partial charge in [-0.2, -0.15) is 0 Å². The minimum absolute atomic E-state index is 0.157. The van der Waals surface area contributed by atoms with Crippen LogP contribution in [0.1, 0.15) is 31.1 Å². The number of benzene rings is 2. The molecule has 1 heterocycles. The van der Waals surface area contributed by atoms with E-state index in [2.05, 4.69) is 10.6 Å². The molecule has 0 bridgehead atoms. The summed E-state index contributed by atoms with van der Waals surface area (Å²) in [5.74, 6) is -0.920. The number of nitrogens with one attached hydrogen (secondary N) is 2. The first kappa shape index (κ1) is 21.2. The molecule has 0 saturated heterocycles. The van der Waals surface area contributed by atoms with E-state index in [1.807, 2.05) is 20.8 Å². The van der Waals surface area contributed by atoms with E-state index < -0.39 is 11.8 Å². The second-order valence-electron chi connectivity index (χ2n) is 7.22. The lowest BCUT2D eigenvalue weighted by molar-refractivity contribution is -0.118. The molecule has 8 nitrogen and oxygen atoms in total. The number of aryl methyl sites for hydroxylation is 1. The van der Waals surface area contributed by atoms with Crippen molar-refractivity contribution in [3.63, 3.8) is 0 Å². The number of carbonyl (C=O) groups is 2. The van der Waals surface area contributed by atoms with Crippen molar-refractivity contribution < 1.29 is 18.7 Å². The molecule has 1 atom stereocenters. The highest BCUT2D eigenvalue weighted by molar-refractivity contribution is 6.03. The van der Waals surface area contributed by atoms with Crippen LogP contribution in [0.3, 0.4) is 0 Å². The van der Waals surface area contributed by atoms with E-state index in [9.17, 15) is 14.4 Å². The normalized spacial score (nSPS) is 12.0. The van der Waals surface area contributed by atoms with Crippen molar-refractivity contribution in [1.82, 2.24) is 9.88 Å². The van der Waals surface area contributed by atoms with Crippen molar-refractivity contribution in [3.8, 4) is 5.75 Å². The minimum atomic E-state index is -0.768. The molecule has 30 heavy (non-hydrogen) atoms. The van der Waals surface area contributed by atoms with Crippen LogP contribution in [-0.4, -0.2) is 29.0 Å². The summed E-state index contributed by atoms with van der Waals surface area (Å²) in [7, 11) is 1.59. The maximum absolute atomic E-state index is 12.9. The molecule has 3 rings (SSSR count). The molecule has 0 saturated carbocycles. The topological polar surface area (TPSA) is 103 Å². The highest BCUT2D eigenvalue weighted by Gasteiger charge is 2.26. The second kappa shape index (κ2) is 8.86. The maximum atomic E-state index is 12.9. The molecule has 158 valence electrons. The van der Waals surface area contributed by atoms with Gasteiger partial charge in [-0.25, -0.2) is 4.79 Å². The highest BCUT2D eigenvalue weighted by atomic mass is 16.5. The summed E-state index contributed by atoms with van der Waals surface area (Å²) in [4.78, 5) is 37.4. The minimum Gasteiger partial charge on any atom is -0.493 e. The zero-order valence-corrected chi connectivity index (χ0v) is 17.4. The van der Waals surface area contributed by atoms with Crippen molar-refractivity contribution in [1.29, 1.82) is 0 Å². The summed E-state index contributed by atoms with van der Waals surface area (Å²) < 4.78 is 12.0. The smallest absolute Gasteiger partial charge is 0.419 e. The van der Waals surface area contributed by atoms with E-state index in [4.69, 9.17) is 9.15 Å². The number of amides is 2. The number of ether oxygens (including phenoxy) is 1. The molecule has 3 aromatic rings. The van der Waals surface area contributed by atoms with Gasteiger partial charge in [0.25, 0.3) is 5.91 Å². The molecule has 2 N–H and O–H groups in total. The molecule has 0 aliphatic carbocycles. The Hall–Kier alpha value is -3.55. The number of hydrogen-bond acceptors (Lipinski definition) is 5. The average Bonchev–Trinajstić information content (AvgIpc) is 3.00. The van der Waals surface area contributed by atoms with Crippen LogP contribution in [0.2, 0.25) is 0 Å². The third kappa shape index (κ3) is 4.37. The van der Waals surface area contributed by atoms with E-state index in [0.717, 1.165) is 0 Å². The summed E-state index contributed by atoms with van der Waals surface area (Å²) >= 11 is 0. The Morgan fingerprint density at radius 3 is 2.60 bits per heavy atom. The Morgan fingerprint density at radius 1 is 1.17 bits per heavy atom. The molecule has 1 unspecified atom stereocenters. The molecule has 0 spiro atoms. The predicted molar refractivity (Wildman–Crippen MR) is 114 cm³/mol. The van der Waals surface area contributed by atoms with Crippen molar-refractivity contribution >= 4 is 28.6 Å². The van der Waals surface area contributed by atoms with Gasteiger partial charge < -0.3 is 19.8 Å². The summed E-state index contributed by atoms with van der Waals surface area (Å²) in [5.41, 5.74) is 1.86. The molecule has 0 fully saturated rings. The molecule has 8 heteroatoms. The third-order valence-electron chi connectivity index (χ3n) is 4.73. The van der Waals surface area contributed by atoms with Gasteiger partial charge in [-0.1, -0.05) is 26.0 Å². The van der Waals surface area contributed by atoms with E-state index in [-0.39, 0.29) is 17.7 Å². The Labute approximate surface area is 173 Å². The van der Waals surface area contributed by atoms with Crippen LogP contribution in [0.25, 0.3) is 11.1 Å². The van der Waals surface area contributed by atoms with E-state index in [1.54, 1.807) is 49.5 Å². The molecule has 2 amide bonds. The molecule has 0 radical (unpaired) electrons. The molecular weight excluding hydrogens is 386 g/mol. The zero-order chi connectivity index (χ0) is 21.8. The number of rotatable bonds is 7. The lowest BCUT2D eigenvalue weighted by Gasteiger charge is -2.22. The lowest BCUT2D eigenvalue weighted by atomic mass is 10.0. The summed E-state index contributed by atoms with van der Waals surface area (Å²) in [6, 6.07) is 11.1. The molecule has 2 aromatic carbocycles. The van der Waals surface area contributed by atoms with Gasteiger partial charge in [0, 0.05) is 12.7 Å². The number of nitrogens with zero attached hydrogens (tertiary/aromatic N) is 1. The number of fused-ring (bicyclic) bond motifs is 1. The Morgan fingerprint density at radius 2 is 1.90 bits per heavy atom. The third-order valence-corrected chi connectivity index (χ3v) is 4.73. The Bertz CT molecular complexity index is 1130. The van der Waals surface area contributed by atoms with Gasteiger partial charge in [0.2, 0.25) is 5.91 Å². The first-order chi connectivity index (χ1) is 14.3. The summed E-state index contributed by atoms with van der Waals surface area (Å²) in [6.07, 6.45) is 0. The molecular formula is C22H25N3O5. The van der Waals surface area contributed by atoms with Crippen LogP contribution >= 0.6 is 0 Å². The van der Waals surface area contributed by atoms with Gasteiger partial charge in [0.15, 0.2) is 5.58 Å². The fourth-order valence-electron chi connectivity index (χ4n) is 3.11. The number of aromatic nitrogens is 1. The molecule has 0 aliphatic rings. The first-order valence-corrected chi connectivity index (χ1v) is 9.75. The maximum Gasteiger partial charge on any atom is 0.419 e. The van der Waals surface area contributed by atoms with Crippen LogP contribution in [0, 0.1) is 5.92 Å². The molecule has 0 aliphatic heterocycles. The number of oxazole rings is 1. The number of anilines is 1. The number of carbonyl (C=O) groups excluding carboxylic acids is 2. The van der Waals surface area contributed by atoms with Gasteiger partial charge in [-0.3, -0.25) is 14.2 Å². The van der Waals surface area contributed by atoms with E-state index in [1.165, 1.54) is 4.57 Å².